The number of hydrogen-bond donors (Lipinski definition) is 3. The van der Waals surface area contributed by atoms with Crippen molar-refractivity contribution in [2.24, 2.45) is 0 Å². The number of carbonyl (C=O) groups is 2. The molecule has 1 heterocycles. The number of halogens is 2. The molecule has 3 N–H and O–H groups in total. The van der Waals surface area contributed by atoms with E-state index >= 15 is 0 Å². The lowest BCUT2D eigenvalue weighted by molar-refractivity contribution is -0.132. The van der Waals surface area contributed by atoms with Crippen LogP contribution in [0.4, 0.5) is 4.39 Å². The van der Waals surface area contributed by atoms with Crippen molar-refractivity contribution in [1.29, 1.82) is 0 Å². The molecule has 2 aromatic rings. The van der Waals surface area contributed by atoms with E-state index in [1.54, 1.807) is 13.0 Å². The number of hydrogen-bond acceptors (Lipinski definition) is 5. The fourth-order valence-electron chi connectivity index (χ4n) is 4.68. The minimum atomic E-state index is -0.817. The Kier molecular flexibility index (Phi) is 5.94. The van der Waals surface area contributed by atoms with Crippen LogP contribution in [0.1, 0.15) is 54.0 Å². The van der Waals surface area contributed by atoms with Crippen molar-refractivity contribution in [2.75, 3.05) is 6.61 Å². The predicted molar refractivity (Wildman–Crippen MR) is 115 cm³/mol. The van der Waals surface area contributed by atoms with Crippen LogP contribution in [0.25, 0.3) is 0 Å². The lowest BCUT2D eigenvalue weighted by Crippen LogP contribution is -2.70. The number of aliphatic hydroxyl groups is 1. The quantitative estimate of drug-likeness (QED) is 0.608. The highest BCUT2D eigenvalue weighted by molar-refractivity contribution is 6.30. The number of ether oxygens (including phenoxy) is 1. The van der Waals surface area contributed by atoms with Gasteiger partial charge in [-0.25, -0.2) is 4.39 Å². The second kappa shape index (κ2) is 8.41. The number of nitrogens with one attached hydrogen (secondary N) is 2. The van der Waals surface area contributed by atoms with E-state index in [9.17, 15) is 19.1 Å². The largest absolute Gasteiger partial charge is 0.484 e. The number of aryl methyl sites for hydroxylation is 2. The van der Waals surface area contributed by atoms with Crippen LogP contribution < -0.4 is 15.4 Å². The Bertz CT molecular complexity index is 1030. The van der Waals surface area contributed by atoms with Gasteiger partial charge in [0, 0.05) is 11.6 Å². The topological polar surface area (TPSA) is 101 Å². The van der Waals surface area contributed by atoms with Gasteiger partial charge in [0.15, 0.2) is 12.4 Å². The molecule has 32 heavy (non-hydrogen) atoms. The first-order chi connectivity index (χ1) is 15.1. The van der Waals surface area contributed by atoms with Crippen molar-refractivity contribution >= 4 is 23.4 Å². The Morgan fingerprint density at radius 1 is 1.22 bits per heavy atom. The first-order valence-electron chi connectivity index (χ1n) is 10.6. The number of aliphatic hydroxyl groups excluding tert-OH is 1. The summed E-state index contributed by atoms with van der Waals surface area (Å²) < 4.78 is 24.4. The zero-order valence-corrected chi connectivity index (χ0v) is 18.7. The SMILES string of the molecule is Cc1cc(C(=O)NC23CCC(NC(=O)COc4ccc(Cl)c(F)c4)(CC2)[C@@H](O)C3)oc1C. The molecule has 1 aromatic carbocycles. The van der Waals surface area contributed by atoms with Gasteiger partial charge in [-0.2, -0.15) is 0 Å². The van der Waals surface area contributed by atoms with E-state index in [2.05, 4.69) is 10.6 Å². The predicted octanol–water partition coefficient (Wildman–Crippen LogP) is 3.43. The Hall–Kier alpha value is -2.58. The van der Waals surface area contributed by atoms with Crippen LogP contribution in [0.5, 0.6) is 5.75 Å². The maximum Gasteiger partial charge on any atom is 0.287 e. The van der Waals surface area contributed by atoms with Crippen LogP contribution in [0.15, 0.2) is 28.7 Å². The van der Waals surface area contributed by atoms with E-state index in [4.69, 9.17) is 20.8 Å². The number of carbonyl (C=O) groups excluding carboxylic acids is 2. The molecule has 3 saturated carbocycles. The first kappa shape index (κ1) is 22.6. The lowest BCUT2D eigenvalue weighted by atomic mass is 9.60. The number of rotatable bonds is 6. The molecular weight excluding hydrogens is 439 g/mol. The molecule has 172 valence electrons. The third-order valence-electron chi connectivity index (χ3n) is 6.74. The molecule has 0 saturated heterocycles. The summed E-state index contributed by atoms with van der Waals surface area (Å²) in [5.41, 5.74) is -0.393. The number of furan rings is 1. The standard InChI is InChI=1S/C23H26ClFN2O5/c1-13-9-18(32-14(13)2)21(30)27-22-5-7-23(8-6-22,19(28)11-22)26-20(29)12-31-15-3-4-16(24)17(25)10-15/h3-4,9-10,19,28H,5-8,11-12H2,1-2H3,(H,26,29)(H,27,30)/t19-,22?,23?/m0/s1. The van der Waals surface area contributed by atoms with Crippen LogP contribution in [0.2, 0.25) is 5.02 Å². The van der Waals surface area contributed by atoms with E-state index in [0.29, 0.717) is 37.9 Å². The van der Waals surface area contributed by atoms with Gasteiger partial charge in [0.2, 0.25) is 0 Å². The summed E-state index contributed by atoms with van der Waals surface area (Å²) in [6.07, 6.45) is 1.80. The van der Waals surface area contributed by atoms with Gasteiger partial charge in [0.1, 0.15) is 17.3 Å². The third kappa shape index (κ3) is 4.34. The fourth-order valence-corrected chi connectivity index (χ4v) is 4.80. The molecule has 9 heteroatoms. The number of amides is 2. The number of fused-ring (bicyclic) bond motifs is 3. The molecule has 1 aromatic heterocycles. The fraction of sp³-hybridized carbons (Fsp3) is 0.478. The van der Waals surface area contributed by atoms with Gasteiger partial charge in [0.05, 0.1) is 16.7 Å². The highest BCUT2D eigenvalue weighted by Crippen LogP contribution is 2.47. The summed E-state index contributed by atoms with van der Waals surface area (Å²) in [6, 6.07) is 5.66. The van der Waals surface area contributed by atoms with Gasteiger partial charge in [-0.05, 0) is 69.7 Å². The van der Waals surface area contributed by atoms with Crippen LogP contribution >= 0.6 is 11.6 Å². The highest BCUT2D eigenvalue weighted by Gasteiger charge is 2.55. The molecular formula is C23H26ClFN2O5. The van der Waals surface area contributed by atoms with Crippen LogP contribution in [-0.4, -0.2) is 40.7 Å². The summed E-state index contributed by atoms with van der Waals surface area (Å²) in [5.74, 6) is -0.177. The first-order valence-corrected chi connectivity index (χ1v) is 11.0. The van der Waals surface area contributed by atoms with Gasteiger partial charge >= 0.3 is 0 Å². The summed E-state index contributed by atoms with van der Waals surface area (Å²) in [7, 11) is 0. The Balaban J connectivity index is 1.35. The minimum Gasteiger partial charge on any atom is -0.484 e. The van der Waals surface area contributed by atoms with E-state index in [1.165, 1.54) is 12.1 Å². The average molecular weight is 465 g/mol. The average Bonchev–Trinajstić information content (AvgIpc) is 3.09. The van der Waals surface area contributed by atoms with Crippen molar-refractivity contribution in [3.05, 3.63) is 52.2 Å². The monoisotopic (exact) mass is 464 g/mol. The summed E-state index contributed by atoms with van der Waals surface area (Å²) in [6.45, 7) is 3.37. The molecule has 0 radical (unpaired) electrons. The van der Waals surface area contributed by atoms with Crippen molar-refractivity contribution in [1.82, 2.24) is 10.6 Å². The van der Waals surface area contributed by atoms with Crippen molar-refractivity contribution in [2.45, 2.75) is 63.1 Å². The third-order valence-corrected chi connectivity index (χ3v) is 7.05. The maximum atomic E-state index is 13.5. The molecule has 3 aliphatic carbocycles. The van der Waals surface area contributed by atoms with Crippen LogP contribution in [-0.2, 0) is 4.79 Å². The van der Waals surface area contributed by atoms with Crippen LogP contribution in [0, 0.1) is 19.7 Å². The molecule has 2 amide bonds. The van der Waals surface area contributed by atoms with Crippen molar-refractivity contribution < 1.29 is 28.2 Å². The van der Waals surface area contributed by atoms with E-state index in [-0.39, 0.29) is 29.0 Å². The molecule has 3 fully saturated rings. The second-order valence-corrected chi connectivity index (χ2v) is 9.28. The Morgan fingerprint density at radius 3 is 2.53 bits per heavy atom. The molecule has 0 unspecified atom stereocenters. The minimum absolute atomic E-state index is 0.0267. The molecule has 7 nitrogen and oxygen atoms in total. The van der Waals surface area contributed by atoms with Gasteiger partial charge in [-0.1, -0.05) is 11.6 Å². The van der Waals surface area contributed by atoms with E-state index in [0.717, 1.165) is 11.6 Å². The summed E-state index contributed by atoms with van der Waals surface area (Å²) in [5, 5.41) is 16.8. The van der Waals surface area contributed by atoms with Gasteiger partial charge < -0.3 is 24.9 Å². The normalized spacial score (nSPS) is 26.6. The molecule has 0 spiro atoms. The zero-order chi connectivity index (χ0) is 23.1. The van der Waals surface area contributed by atoms with Crippen molar-refractivity contribution in [3.63, 3.8) is 0 Å². The van der Waals surface area contributed by atoms with E-state index in [1.807, 2.05) is 6.92 Å². The molecule has 1 atom stereocenters. The van der Waals surface area contributed by atoms with Crippen LogP contribution in [0.3, 0.4) is 0 Å². The molecule has 3 aliphatic rings. The summed E-state index contributed by atoms with van der Waals surface area (Å²) in [4.78, 5) is 25.2. The smallest absolute Gasteiger partial charge is 0.287 e. The Morgan fingerprint density at radius 2 is 1.94 bits per heavy atom. The molecule has 5 rings (SSSR count). The molecule has 2 bridgehead atoms. The highest BCUT2D eigenvalue weighted by atomic mass is 35.5. The van der Waals surface area contributed by atoms with Gasteiger partial charge in [0.25, 0.3) is 11.8 Å². The second-order valence-electron chi connectivity index (χ2n) is 8.87. The van der Waals surface area contributed by atoms with Crippen molar-refractivity contribution in [3.8, 4) is 5.75 Å². The molecule has 0 aliphatic heterocycles. The lowest BCUT2D eigenvalue weighted by Gasteiger charge is -2.56. The van der Waals surface area contributed by atoms with Gasteiger partial charge in [-0.3, -0.25) is 9.59 Å². The Labute approximate surface area is 190 Å². The van der Waals surface area contributed by atoms with E-state index < -0.39 is 28.9 Å². The number of benzene rings is 1. The maximum absolute atomic E-state index is 13.5. The zero-order valence-electron chi connectivity index (χ0n) is 18.0. The summed E-state index contributed by atoms with van der Waals surface area (Å²) >= 11 is 5.65. The van der Waals surface area contributed by atoms with Gasteiger partial charge in [-0.15, -0.1) is 0 Å².